The Morgan fingerprint density at radius 3 is 2.08 bits per heavy atom. The summed E-state index contributed by atoms with van der Waals surface area (Å²) in [4.78, 5) is 38.2. The van der Waals surface area contributed by atoms with Gasteiger partial charge in [0.2, 0.25) is 0 Å². The number of amides is 2. The summed E-state index contributed by atoms with van der Waals surface area (Å²) in [6, 6.07) is 29.7. The number of carbonyl (C=O) groups excluding carboxylic acids is 2. The zero-order valence-corrected chi connectivity index (χ0v) is 21.3. The van der Waals surface area contributed by atoms with Crippen molar-refractivity contribution in [3.05, 3.63) is 125 Å². The van der Waals surface area contributed by atoms with Gasteiger partial charge in [0.1, 0.15) is 16.9 Å². The van der Waals surface area contributed by atoms with Crippen molar-refractivity contribution in [3.63, 3.8) is 0 Å². The molecular weight excluding hydrogens is 508 g/mol. The molecule has 0 aliphatic carbocycles. The monoisotopic (exact) mass is 530 g/mol. The first-order valence-corrected chi connectivity index (χ1v) is 12.4. The number of methoxy groups -OCH3 is 1. The number of hydrogen-bond donors (Lipinski definition) is 2. The predicted octanol–water partition coefficient (Wildman–Crippen LogP) is 6.72. The van der Waals surface area contributed by atoms with E-state index in [0.717, 1.165) is 10.8 Å². The summed E-state index contributed by atoms with van der Waals surface area (Å²) in [6.07, 6.45) is 0. The molecule has 6 aromatic rings. The van der Waals surface area contributed by atoms with Gasteiger partial charge in [0.05, 0.1) is 18.4 Å². The Kier molecular flexibility index (Phi) is 6.34. The van der Waals surface area contributed by atoms with E-state index in [4.69, 9.17) is 13.6 Å². The number of rotatable bonds is 6. The fraction of sp³-hybridized carbons (Fsp3) is 0.0312. The van der Waals surface area contributed by atoms with E-state index in [1.54, 1.807) is 72.8 Å². The Morgan fingerprint density at radius 1 is 0.700 bits per heavy atom. The van der Waals surface area contributed by atoms with Crippen LogP contribution in [0.1, 0.15) is 20.9 Å². The highest BCUT2D eigenvalue weighted by atomic mass is 16.5. The van der Waals surface area contributed by atoms with E-state index in [9.17, 15) is 14.4 Å². The SMILES string of the molecule is COc1cc(NC(=O)c2ccc(-c3cc4ccccc4oc3=O)cc2)ccc1NC(=O)c1cc2ccccc2o1. The molecule has 0 fully saturated rings. The maximum atomic E-state index is 12.9. The third kappa shape index (κ3) is 4.81. The number of fused-ring (bicyclic) bond motifs is 2. The van der Waals surface area contributed by atoms with Crippen molar-refractivity contribution in [2.24, 2.45) is 0 Å². The zero-order valence-electron chi connectivity index (χ0n) is 21.3. The van der Waals surface area contributed by atoms with E-state index < -0.39 is 11.5 Å². The van der Waals surface area contributed by atoms with E-state index in [1.807, 2.05) is 30.3 Å². The van der Waals surface area contributed by atoms with Crippen LogP contribution in [0, 0.1) is 0 Å². The standard InChI is InChI=1S/C32H22N2O6/c1-38-28-18-23(14-15-25(28)34-31(36)29-17-22-7-3-4-8-26(22)39-29)33-30(35)20-12-10-19(11-13-20)24-16-21-6-2-5-9-27(21)40-32(24)37/h2-18H,1H3,(H,33,35)(H,34,36). The third-order valence-electron chi connectivity index (χ3n) is 6.46. The molecule has 8 nitrogen and oxygen atoms in total. The molecule has 2 heterocycles. The van der Waals surface area contributed by atoms with Crippen LogP contribution in [0.25, 0.3) is 33.1 Å². The van der Waals surface area contributed by atoms with E-state index in [0.29, 0.717) is 45.0 Å². The third-order valence-corrected chi connectivity index (χ3v) is 6.46. The minimum absolute atomic E-state index is 0.172. The van der Waals surface area contributed by atoms with Gasteiger partial charge in [-0.15, -0.1) is 0 Å². The molecule has 0 saturated heterocycles. The lowest BCUT2D eigenvalue weighted by Crippen LogP contribution is -2.14. The Labute approximate surface area is 227 Å². The van der Waals surface area contributed by atoms with Gasteiger partial charge in [0.15, 0.2) is 5.76 Å². The molecule has 0 unspecified atom stereocenters. The first-order valence-electron chi connectivity index (χ1n) is 12.4. The maximum Gasteiger partial charge on any atom is 0.344 e. The van der Waals surface area contributed by atoms with E-state index in [-0.39, 0.29) is 11.7 Å². The lowest BCUT2D eigenvalue weighted by atomic mass is 10.0. The quantitative estimate of drug-likeness (QED) is 0.231. The van der Waals surface area contributed by atoms with Crippen molar-refractivity contribution in [3.8, 4) is 16.9 Å². The van der Waals surface area contributed by atoms with Gasteiger partial charge in [-0.05, 0) is 54.1 Å². The number of anilines is 2. The molecule has 40 heavy (non-hydrogen) atoms. The number of nitrogens with one attached hydrogen (secondary N) is 2. The van der Waals surface area contributed by atoms with Crippen LogP contribution in [0.15, 0.2) is 117 Å². The van der Waals surface area contributed by atoms with Crippen molar-refractivity contribution >= 4 is 45.1 Å². The molecule has 8 heteroatoms. The van der Waals surface area contributed by atoms with E-state index in [2.05, 4.69) is 10.6 Å². The number of hydrogen-bond acceptors (Lipinski definition) is 6. The average molecular weight is 531 g/mol. The summed E-state index contributed by atoms with van der Waals surface area (Å²) in [5, 5.41) is 7.25. The molecule has 0 aliphatic heterocycles. The number of benzene rings is 4. The zero-order chi connectivity index (χ0) is 27.6. The van der Waals surface area contributed by atoms with Crippen molar-refractivity contribution in [2.75, 3.05) is 17.7 Å². The molecule has 0 radical (unpaired) electrons. The van der Waals surface area contributed by atoms with Crippen molar-refractivity contribution in [1.29, 1.82) is 0 Å². The normalized spacial score (nSPS) is 10.9. The fourth-order valence-electron chi connectivity index (χ4n) is 4.42. The largest absolute Gasteiger partial charge is 0.494 e. The van der Waals surface area contributed by atoms with Crippen LogP contribution in [0.5, 0.6) is 5.75 Å². The van der Waals surface area contributed by atoms with Crippen LogP contribution in [-0.2, 0) is 0 Å². The molecule has 0 spiro atoms. The van der Waals surface area contributed by atoms with Crippen LogP contribution in [0.3, 0.4) is 0 Å². The summed E-state index contributed by atoms with van der Waals surface area (Å²) >= 11 is 0. The lowest BCUT2D eigenvalue weighted by molar-refractivity contribution is 0.0996. The summed E-state index contributed by atoms with van der Waals surface area (Å²) in [5.74, 6) is -0.240. The molecule has 6 rings (SSSR count). The second-order valence-electron chi connectivity index (χ2n) is 9.03. The van der Waals surface area contributed by atoms with Crippen molar-refractivity contribution in [1.82, 2.24) is 0 Å². The van der Waals surface area contributed by atoms with E-state index in [1.165, 1.54) is 7.11 Å². The van der Waals surface area contributed by atoms with E-state index >= 15 is 0 Å². The highest BCUT2D eigenvalue weighted by Gasteiger charge is 2.16. The van der Waals surface area contributed by atoms with Gasteiger partial charge >= 0.3 is 5.63 Å². The molecule has 0 aliphatic rings. The minimum Gasteiger partial charge on any atom is -0.494 e. The summed E-state index contributed by atoms with van der Waals surface area (Å²) in [7, 11) is 1.47. The Balaban J connectivity index is 1.17. The van der Waals surface area contributed by atoms with Crippen LogP contribution < -0.4 is 21.0 Å². The molecule has 0 bridgehead atoms. The topological polar surface area (TPSA) is 111 Å². The first kappa shape index (κ1) is 24.7. The molecule has 2 aromatic heterocycles. The molecule has 0 atom stereocenters. The van der Waals surface area contributed by atoms with Gasteiger partial charge in [-0.2, -0.15) is 0 Å². The average Bonchev–Trinajstić information content (AvgIpc) is 3.42. The summed E-state index contributed by atoms with van der Waals surface area (Å²) < 4.78 is 16.5. The highest BCUT2D eigenvalue weighted by Crippen LogP contribution is 2.30. The lowest BCUT2D eigenvalue weighted by Gasteiger charge is -2.12. The predicted molar refractivity (Wildman–Crippen MR) is 153 cm³/mol. The van der Waals surface area contributed by atoms with Crippen molar-refractivity contribution in [2.45, 2.75) is 0 Å². The van der Waals surface area contributed by atoms with Crippen LogP contribution in [0.2, 0.25) is 0 Å². The molecule has 4 aromatic carbocycles. The van der Waals surface area contributed by atoms with Crippen LogP contribution in [0.4, 0.5) is 11.4 Å². The number of ether oxygens (including phenoxy) is 1. The van der Waals surface area contributed by atoms with Gasteiger partial charge < -0.3 is 24.2 Å². The van der Waals surface area contributed by atoms with Gasteiger partial charge in [0.25, 0.3) is 11.8 Å². The summed E-state index contributed by atoms with van der Waals surface area (Å²) in [6.45, 7) is 0. The maximum absolute atomic E-state index is 12.9. The number of carbonyl (C=O) groups is 2. The molecular formula is C32H22N2O6. The smallest absolute Gasteiger partial charge is 0.344 e. The molecule has 2 amide bonds. The van der Waals surface area contributed by atoms with Gasteiger partial charge in [-0.1, -0.05) is 48.5 Å². The Hall–Kier alpha value is -5.63. The number of furan rings is 1. The first-order chi connectivity index (χ1) is 19.5. The van der Waals surface area contributed by atoms with Crippen LogP contribution >= 0.6 is 0 Å². The second kappa shape index (κ2) is 10.3. The molecule has 196 valence electrons. The number of para-hydroxylation sites is 2. The van der Waals surface area contributed by atoms with Crippen LogP contribution in [-0.4, -0.2) is 18.9 Å². The van der Waals surface area contributed by atoms with Crippen molar-refractivity contribution < 1.29 is 23.2 Å². The molecule has 2 N–H and O–H groups in total. The second-order valence-corrected chi connectivity index (χ2v) is 9.03. The Bertz CT molecular complexity index is 1920. The van der Waals surface area contributed by atoms with Gasteiger partial charge in [-0.25, -0.2) is 4.79 Å². The Morgan fingerprint density at radius 2 is 1.38 bits per heavy atom. The fourth-order valence-corrected chi connectivity index (χ4v) is 4.42. The minimum atomic E-state index is -0.449. The van der Waals surface area contributed by atoms with Gasteiger partial charge in [0, 0.05) is 28.1 Å². The van der Waals surface area contributed by atoms with Gasteiger partial charge in [-0.3, -0.25) is 9.59 Å². The molecule has 0 saturated carbocycles. The summed E-state index contributed by atoms with van der Waals surface area (Å²) in [5.41, 5.74) is 3.03. The highest BCUT2D eigenvalue weighted by molar-refractivity contribution is 6.07.